The first-order chi connectivity index (χ1) is 12.0. The highest BCUT2D eigenvalue weighted by Crippen LogP contribution is 2.22. The molecule has 1 N–H and O–H groups in total. The molecule has 0 aliphatic heterocycles. The molecule has 6 heteroatoms. The average molecular weight is 381 g/mol. The smallest absolute Gasteiger partial charge is 0.220 e. The van der Waals surface area contributed by atoms with Crippen LogP contribution in [0.2, 0.25) is 5.02 Å². The Bertz CT molecular complexity index is 674. The van der Waals surface area contributed by atoms with E-state index in [4.69, 9.17) is 16.3 Å². The quantitative estimate of drug-likeness (QED) is 0.660. The van der Waals surface area contributed by atoms with E-state index in [2.05, 4.69) is 27.0 Å². The second-order valence-corrected chi connectivity index (χ2v) is 7.42. The summed E-state index contributed by atoms with van der Waals surface area (Å²) >= 11 is 7.60. The van der Waals surface area contributed by atoms with Gasteiger partial charge < -0.3 is 15.0 Å². The number of carbonyl (C=O) groups is 1. The Morgan fingerprint density at radius 3 is 2.80 bits per heavy atom. The standard InChI is InChI=1S/C19H25ClN2O2S/c1-14-11-16(20)6-7-18(14)24-9-4-5-19(23)21-12-17(22(2)3)15-8-10-25-13-15/h6-8,10-11,13,17H,4-5,9,12H2,1-3H3,(H,21,23). The molecule has 0 radical (unpaired) electrons. The number of amides is 1. The van der Waals surface area contributed by atoms with E-state index in [1.54, 1.807) is 11.3 Å². The largest absolute Gasteiger partial charge is 0.493 e. The summed E-state index contributed by atoms with van der Waals surface area (Å²) in [4.78, 5) is 14.2. The van der Waals surface area contributed by atoms with Crippen LogP contribution in [0.4, 0.5) is 0 Å². The Morgan fingerprint density at radius 2 is 2.16 bits per heavy atom. The van der Waals surface area contributed by atoms with Gasteiger partial charge in [-0.2, -0.15) is 11.3 Å². The number of carbonyl (C=O) groups excluding carboxylic acids is 1. The SMILES string of the molecule is Cc1cc(Cl)ccc1OCCCC(=O)NCC(c1ccsc1)N(C)C. The summed E-state index contributed by atoms with van der Waals surface area (Å²) in [6.07, 6.45) is 1.13. The summed E-state index contributed by atoms with van der Waals surface area (Å²) in [5.41, 5.74) is 2.23. The third kappa shape index (κ3) is 6.34. The molecule has 2 aromatic rings. The predicted molar refractivity (Wildman–Crippen MR) is 105 cm³/mol. The molecule has 0 spiro atoms. The molecule has 1 atom stereocenters. The van der Waals surface area contributed by atoms with Crippen molar-refractivity contribution in [2.24, 2.45) is 0 Å². The minimum atomic E-state index is 0.0542. The van der Waals surface area contributed by atoms with Crippen molar-refractivity contribution in [2.45, 2.75) is 25.8 Å². The number of hydrogen-bond acceptors (Lipinski definition) is 4. The van der Waals surface area contributed by atoms with Crippen molar-refractivity contribution in [3.63, 3.8) is 0 Å². The van der Waals surface area contributed by atoms with Gasteiger partial charge in [-0.05, 0) is 73.6 Å². The van der Waals surface area contributed by atoms with Crippen molar-refractivity contribution < 1.29 is 9.53 Å². The first-order valence-corrected chi connectivity index (χ1v) is 9.63. The van der Waals surface area contributed by atoms with Crippen LogP contribution in [0, 0.1) is 6.92 Å². The third-order valence-corrected chi connectivity index (χ3v) is 4.92. The van der Waals surface area contributed by atoms with E-state index in [1.807, 2.05) is 39.2 Å². The molecule has 0 aliphatic rings. The number of benzene rings is 1. The van der Waals surface area contributed by atoms with Gasteiger partial charge in [0.2, 0.25) is 5.91 Å². The lowest BCUT2D eigenvalue weighted by molar-refractivity contribution is -0.121. The van der Waals surface area contributed by atoms with Crippen LogP contribution in [0.5, 0.6) is 5.75 Å². The van der Waals surface area contributed by atoms with Gasteiger partial charge in [-0.3, -0.25) is 4.79 Å². The lowest BCUT2D eigenvalue weighted by Gasteiger charge is -2.24. The van der Waals surface area contributed by atoms with E-state index in [-0.39, 0.29) is 11.9 Å². The van der Waals surface area contributed by atoms with Crippen LogP contribution in [0.1, 0.15) is 30.0 Å². The number of nitrogens with one attached hydrogen (secondary N) is 1. The maximum atomic E-state index is 12.1. The van der Waals surface area contributed by atoms with Crippen LogP contribution in [0.15, 0.2) is 35.0 Å². The molecule has 0 bridgehead atoms. The van der Waals surface area contributed by atoms with E-state index < -0.39 is 0 Å². The van der Waals surface area contributed by atoms with Crippen LogP contribution < -0.4 is 10.1 Å². The molecule has 136 valence electrons. The molecule has 1 heterocycles. The molecule has 4 nitrogen and oxygen atoms in total. The monoisotopic (exact) mass is 380 g/mol. The van der Waals surface area contributed by atoms with E-state index in [1.165, 1.54) is 5.56 Å². The number of ether oxygens (including phenoxy) is 1. The Balaban J connectivity index is 1.70. The fourth-order valence-corrected chi connectivity index (χ4v) is 3.49. The van der Waals surface area contributed by atoms with Crippen molar-refractivity contribution >= 4 is 28.8 Å². The maximum Gasteiger partial charge on any atom is 0.220 e. The number of aryl methyl sites for hydroxylation is 1. The van der Waals surface area contributed by atoms with Gasteiger partial charge in [0.05, 0.1) is 12.6 Å². The van der Waals surface area contributed by atoms with Gasteiger partial charge in [0, 0.05) is 18.0 Å². The summed E-state index contributed by atoms with van der Waals surface area (Å²) in [7, 11) is 4.05. The normalized spacial score (nSPS) is 12.2. The van der Waals surface area contributed by atoms with Gasteiger partial charge in [0.1, 0.15) is 5.75 Å². The number of rotatable bonds is 9. The van der Waals surface area contributed by atoms with Gasteiger partial charge in [-0.15, -0.1) is 0 Å². The number of nitrogens with zero attached hydrogens (tertiary/aromatic N) is 1. The van der Waals surface area contributed by atoms with E-state index in [0.717, 1.165) is 11.3 Å². The maximum absolute atomic E-state index is 12.1. The third-order valence-electron chi connectivity index (χ3n) is 3.99. The highest BCUT2D eigenvalue weighted by Gasteiger charge is 2.15. The molecule has 0 fully saturated rings. The van der Waals surface area contributed by atoms with E-state index in [0.29, 0.717) is 31.0 Å². The minimum absolute atomic E-state index is 0.0542. The second-order valence-electron chi connectivity index (χ2n) is 6.20. The van der Waals surface area contributed by atoms with Gasteiger partial charge in [0.15, 0.2) is 0 Å². The summed E-state index contributed by atoms with van der Waals surface area (Å²) in [5.74, 6) is 0.869. The summed E-state index contributed by atoms with van der Waals surface area (Å²) in [6, 6.07) is 7.84. The fraction of sp³-hybridized carbons (Fsp3) is 0.421. The zero-order chi connectivity index (χ0) is 18.2. The zero-order valence-electron chi connectivity index (χ0n) is 14.9. The van der Waals surface area contributed by atoms with Crippen LogP contribution in [0.3, 0.4) is 0 Å². The fourth-order valence-electron chi connectivity index (χ4n) is 2.55. The number of likely N-dealkylation sites (N-methyl/N-ethyl adjacent to an activating group) is 1. The first-order valence-electron chi connectivity index (χ1n) is 8.31. The first kappa shape index (κ1) is 19.8. The van der Waals surface area contributed by atoms with Crippen molar-refractivity contribution in [3.8, 4) is 5.75 Å². The van der Waals surface area contributed by atoms with Crippen LogP contribution in [0.25, 0.3) is 0 Å². The molecular formula is C19H25ClN2O2S. The molecule has 1 unspecified atom stereocenters. The lowest BCUT2D eigenvalue weighted by atomic mass is 10.1. The predicted octanol–water partition coefficient (Wildman–Crippen LogP) is 4.29. The molecule has 0 saturated heterocycles. The van der Waals surface area contributed by atoms with Crippen molar-refractivity contribution in [3.05, 3.63) is 51.2 Å². The van der Waals surface area contributed by atoms with Crippen LogP contribution >= 0.6 is 22.9 Å². The Kier molecular flexibility index (Phi) is 7.75. The number of thiophene rings is 1. The molecule has 0 saturated carbocycles. The molecule has 25 heavy (non-hydrogen) atoms. The highest BCUT2D eigenvalue weighted by atomic mass is 35.5. The molecule has 0 aliphatic carbocycles. The topological polar surface area (TPSA) is 41.6 Å². The Labute approximate surface area is 158 Å². The van der Waals surface area contributed by atoms with Gasteiger partial charge in [-0.25, -0.2) is 0 Å². The van der Waals surface area contributed by atoms with E-state index in [9.17, 15) is 4.79 Å². The van der Waals surface area contributed by atoms with Gasteiger partial charge in [-0.1, -0.05) is 11.6 Å². The number of hydrogen-bond donors (Lipinski definition) is 1. The van der Waals surface area contributed by atoms with Crippen molar-refractivity contribution in [2.75, 3.05) is 27.2 Å². The summed E-state index contributed by atoms with van der Waals surface area (Å²) in [6.45, 7) is 3.08. The lowest BCUT2D eigenvalue weighted by Crippen LogP contribution is -2.34. The van der Waals surface area contributed by atoms with Gasteiger partial charge in [0.25, 0.3) is 0 Å². The molecule has 2 rings (SSSR count). The second kappa shape index (κ2) is 9.80. The summed E-state index contributed by atoms with van der Waals surface area (Å²) in [5, 5.41) is 7.90. The van der Waals surface area contributed by atoms with Crippen molar-refractivity contribution in [1.29, 1.82) is 0 Å². The molecule has 1 amide bonds. The Hall–Kier alpha value is -1.56. The molecule has 1 aromatic carbocycles. The van der Waals surface area contributed by atoms with Crippen LogP contribution in [-0.4, -0.2) is 38.1 Å². The number of halogens is 1. The molecular weight excluding hydrogens is 356 g/mol. The van der Waals surface area contributed by atoms with Gasteiger partial charge >= 0.3 is 0 Å². The van der Waals surface area contributed by atoms with E-state index >= 15 is 0 Å². The highest BCUT2D eigenvalue weighted by molar-refractivity contribution is 7.07. The Morgan fingerprint density at radius 1 is 1.36 bits per heavy atom. The van der Waals surface area contributed by atoms with Crippen molar-refractivity contribution in [1.82, 2.24) is 10.2 Å². The van der Waals surface area contributed by atoms with Crippen LogP contribution in [-0.2, 0) is 4.79 Å². The minimum Gasteiger partial charge on any atom is -0.493 e. The molecule has 1 aromatic heterocycles. The summed E-state index contributed by atoms with van der Waals surface area (Å²) < 4.78 is 5.72. The zero-order valence-corrected chi connectivity index (χ0v) is 16.5. The average Bonchev–Trinajstić information content (AvgIpc) is 3.07.